The molecule has 100 valence electrons. The number of rotatable bonds is 7. The second-order valence-corrected chi connectivity index (χ2v) is 4.45. The highest BCUT2D eigenvalue weighted by Gasteiger charge is 2.23. The summed E-state index contributed by atoms with van der Waals surface area (Å²) in [5.74, 6) is -0.385. The van der Waals surface area contributed by atoms with Crippen LogP contribution in [0.1, 0.15) is 24.5 Å². The molecule has 0 bridgehead atoms. The molecule has 1 fully saturated rings. The van der Waals surface area contributed by atoms with Gasteiger partial charge in [0, 0.05) is 12.6 Å². The molecule has 1 aliphatic rings. The number of benzene rings is 1. The van der Waals surface area contributed by atoms with E-state index in [0.29, 0.717) is 18.2 Å². The Kier molecular flexibility index (Phi) is 4.60. The van der Waals surface area contributed by atoms with Crippen LogP contribution in [-0.4, -0.2) is 25.6 Å². The van der Waals surface area contributed by atoms with E-state index in [4.69, 9.17) is 4.74 Å². The Bertz CT molecular complexity index is 376. The van der Waals surface area contributed by atoms with E-state index < -0.39 is 19.1 Å². The van der Waals surface area contributed by atoms with Gasteiger partial charge in [0.05, 0.1) is 6.10 Å². The first-order valence-corrected chi connectivity index (χ1v) is 6.04. The fourth-order valence-corrected chi connectivity index (χ4v) is 1.73. The average Bonchev–Trinajstić information content (AvgIpc) is 3.12. The highest BCUT2D eigenvalue weighted by atomic mass is 19.3. The van der Waals surface area contributed by atoms with Gasteiger partial charge >= 0.3 is 0 Å². The molecule has 0 aromatic heterocycles. The third-order valence-corrected chi connectivity index (χ3v) is 2.81. The van der Waals surface area contributed by atoms with Crippen molar-refractivity contribution in [2.75, 3.05) is 13.2 Å². The molecule has 0 radical (unpaired) electrons. The van der Waals surface area contributed by atoms with E-state index in [1.54, 1.807) is 12.1 Å². The van der Waals surface area contributed by atoms with E-state index in [9.17, 15) is 13.2 Å². The summed E-state index contributed by atoms with van der Waals surface area (Å²) in [4.78, 5) is 0. The van der Waals surface area contributed by atoms with Gasteiger partial charge in [-0.25, -0.2) is 13.2 Å². The summed E-state index contributed by atoms with van der Waals surface area (Å²) in [6.07, 6.45) is -0.840. The summed E-state index contributed by atoms with van der Waals surface area (Å²) in [6, 6.07) is 6.34. The third kappa shape index (κ3) is 4.31. The minimum atomic E-state index is -2.51. The van der Waals surface area contributed by atoms with Gasteiger partial charge in [0.2, 0.25) is 0 Å². The standard InChI is InChI=1S/C13H16F3NO/c14-10-3-1-2-9(6-10)12(18-8-13(15)16)7-17-11-4-5-11/h1-3,6,11-13,17H,4-5,7-8H2. The largest absolute Gasteiger partial charge is 0.366 e. The summed E-state index contributed by atoms with van der Waals surface area (Å²) in [5, 5.41) is 3.21. The van der Waals surface area contributed by atoms with E-state index in [1.165, 1.54) is 12.1 Å². The van der Waals surface area contributed by atoms with Crippen molar-refractivity contribution in [3.63, 3.8) is 0 Å². The lowest BCUT2D eigenvalue weighted by molar-refractivity contribution is -0.0248. The monoisotopic (exact) mass is 259 g/mol. The first-order chi connectivity index (χ1) is 8.65. The lowest BCUT2D eigenvalue weighted by atomic mass is 10.1. The van der Waals surface area contributed by atoms with Crippen molar-refractivity contribution >= 4 is 0 Å². The maximum atomic E-state index is 13.1. The average molecular weight is 259 g/mol. The van der Waals surface area contributed by atoms with Gasteiger partial charge < -0.3 is 10.1 Å². The van der Waals surface area contributed by atoms with Crippen LogP contribution in [-0.2, 0) is 4.74 Å². The van der Waals surface area contributed by atoms with E-state index in [0.717, 1.165) is 12.8 Å². The predicted molar refractivity (Wildman–Crippen MR) is 62.1 cm³/mol. The predicted octanol–water partition coefficient (Wildman–Crippen LogP) is 2.90. The lowest BCUT2D eigenvalue weighted by Crippen LogP contribution is -2.26. The van der Waals surface area contributed by atoms with Gasteiger partial charge in [0.1, 0.15) is 12.4 Å². The fraction of sp³-hybridized carbons (Fsp3) is 0.538. The SMILES string of the molecule is Fc1cccc(C(CNC2CC2)OCC(F)F)c1. The van der Waals surface area contributed by atoms with Crippen molar-refractivity contribution in [2.24, 2.45) is 0 Å². The van der Waals surface area contributed by atoms with Crippen LogP contribution in [0.4, 0.5) is 13.2 Å². The number of hydrogen-bond donors (Lipinski definition) is 1. The molecule has 1 N–H and O–H groups in total. The maximum absolute atomic E-state index is 13.1. The molecule has 1 unspecified atom stereocenters. The second kappa shape index (κ2) is 6.20. The van der Waals surface area contributed by atoms with E-state index in [2.05, 4.69) is 5.32 Å². The molecule has 2 rings (SSSR count). The third-order valence-electron chi connectivity index (χ3n) is 2.81. The quantitative estimate of drug-likeness (QED) is 0.813. The van der Waals surface area contributed by atoms with Gasteiger partial charge in [0.25, 0.3) is 6.43 Å². The Labute approximate surface area is 104 Å². The van der Waals surface area contributed by atoms with Crippen LogP contribution in [0.3, 0.4) is 0 Å². The Hall–Kier alpha value is -1.07. The molecule has 1 aromatic rings. The molecule has 0 spiro atoms. The van der Waals surface area contributed by atoms with E-state index in [-0.39, 0.29) is 5.82 Å². The van der Waals surface area contributed by atoms with Crippen molar-refractivity contribution in [2.45, 2.75) is 31.4 Å². The summed E-state index contributed by atoms with van der Waals surface area (Å²) in [6.45, 7) is -0.200. The Morgan fingerprint density at radius 3 is 2.72 bits per heavy atom. The molecule has 1 aliphatic carbocycles. The minimum absolute atomic E-state index is 0.385. The lowest BCUT2D eigenvalue weighted by Gasteiger charge is -2.19. The van der Waals surface area contributed by atoms with Crippen LogP contribution in [0, 0.1) is 5.82 Å². The Balaban J connectivity index is 1.96. The van der Waals surface area contributed by atoms with E-state index >= 15 is 0 Å². The van der Waals surface area contributed by atoms with Crippen LogP contribution in [0.5, 0.6) is 0 Å². The molecule has 5 heteroatoms. The molecule has 0 amide bonds. The van der Waals surface area contributed by atoms with Crippen LogP contribution in [0.15, 0.2) is 24.3 Å². The number of hydrogen-bond acceptors (Lipinski definition) is 2. The highest BCUT2D eigenvalue weighted by Crippen LogP contribution is 2.23. The first-order valence-electron chi connectivity index (χ1n) is 6.04. The zero-order chi connectivity index (χ0) is 13.0. The van der Waals surface area contributed by atoms with Gasteiger partial charge in [0.15, 0.2) is 0 Å². The molecular formula is C13H16F3NO. The number of ether oxygens (including phenoxy) is 1. The Morgan fingerprint density at radius 1 is 1.33 bits per heavy atom. The van der Waals surface area contributed by atoms with Gasteiger partial charge in [-0.2, -0.15) is 0 Å². The molecule has 1 saturated carbocycles. The molecule has 18 heavy (non-hydrogen) atoms. The normalized spacial score (nSPS) is 17.1. The van der Waals surface area contributed by atoms with Gasteiger partial charge in [-0.3, -0.25) is 0 Å². The summed E-state index contributed by atoms with van der Waals surface area (Å²) in [5.41, 5.74) is 0.587. The van der Waals surface area contributed by atoms with Crippen LogP contribution in [0.2, 0.25) is 0 Å². The first kappa shape index (κ1) is 13.4. The zero-order valence-electron chi connectivity index (χ0n) is 9.91. The molecule has 2 nitrogen and oxygen atoms in total. The number of halogens is 3. The van der Waals surface area contributed by atoms with Crippen LogP contribution >= 0.6 is 0 Å². The fourth-order valence-electron chi connectivity index (χ4n) is 1.73. The van der Waals surface area contributed by atoms with Gasteiger partial charge in [-0.05, 0) is 30.5 Å². The van der Waals surface area contributed by atoms with Gasteiger partial charge in [-0.15, -0.1) is 0 Å². The molecule has 0 aliphatic heterocycles. The zero-order valence-corrected chi connectivity index (χ0v) is 9.91. The molecular weight excluding hydrogens is 243 g/mol. The summed E-state index contributed by atoms with van der Waals surface area (Å²) >= 11 is 0. The number of nitrogens with one attached hydrogen (secondary N) is 1. The van der Waals surface area contributed by atoms with E-state index in [1.807, 2.05) is 0 Å². The molecule has 0 heterocycles. The van der Waals surface area contributed by atoms with Gasteiger partial charge in [-0.1, -0.05) is 12.1 Å². The van der Waals surface area contributed by atoms with Crippen molar-refractivity contribution < 1.29 is 17.9 Å². The molecule has 1 atom stereocenters. The maximum Gasteiger partial charge on any atom is 0.261 e. The topological polar surface area (TPSA) is 21.3 Å². The number of alkyl halides is 2. The molecule has 0 saturated heterocycles. The molecule has 1 aromatic carbocycles. The minimum Gasteiger partial charge on any atom is -0.366 e. The van der Waals surface area contributed by atoms with Crippen LogP contribution < -0.4 is 5.32 Å². The van der Waals surface area contributed by atoms with Crippen molar-refractivity contribution in [3.8, 4) is 0 Å². The summed E-state index contributed by atoms with van der Waals surface area (Å²) < 4.78 is 42.6. The second-order valence-electron chi connectivity index (χ2n) is 4.45. The summed E-state index contributed by atoms with van der Waals surface area (Å²) in [7, 11) is 0. The smallest absolute Gasteiger partial charge is 0.261 e. The van der Waals surface area contributed by atoms with Crippen molar-refractivity contribution in [3.05, 3.63) is 35.6 Å². The van der Waals surface area contributed by atoms with Crippen molar-refractivity contribution in [1.82, 2.24) is 5.32 Å². The van der Waals surface area contributed by atoms with Crippen LogP contribution in [0.25, 0.3) is 0 Å². The Morgan fingerprint density at radius 2 is 2.11 bits per heavy atom. The van der Waals surface area contributed by atoms with Crippen molar-refractivity contribution in [1.29, 1.82) is 0 Å². The highest BCUT2D eigenvalue weighted by molar-refractivity contribution is 5.19.